The monoisotopic (exact) mass is 316 g/mol. The zero-order chi connectivity index (χ0) is 16.5. The van der Waals surface area contributed by atoms with Crippen LogP contribution in [0.25, 0.3) is 0 Å². The van der Waals surface area contributed by atoms with Crippen molar-refractivity contribution in [3.63, 3.8) is 0 Å². The summed E-state index contributed by atoms with van der Waals surface area (Å²) >= 11 is 0. The molecule has 0 unspecified atom stereocenters. The molecule has 0 spiro atoms. The molecule has 0 aliphatic rings. The molecule has 0 aliphatic carbocycles. The molecule has 2 aromatic carbocycles. The third-order valence-corrected chi connectivity index (χ3v) is 1.82. The van der Waals surface area contributed by atoms with E-state index in [-0.39, 0.29) is 11.5 Å². The molecule has 8 N–H and O–H groups in total. The van der Waals surface area contributed by atoms with Gasteiger partial charge in [-0.1, -0.05) is 12.1 Å². The summed E-state index contributed by atoms with van der Waals surface area (Å²) in [6.07, 6.45) is 0. The second-order valence-corrected chi connectivity index (χ2v) is 4.56. The zero-order valence-corrected chi connectivity index (χ0v) is 11.8. The first-order valence-corrected chi connectivity index (χ1v) is 6.80. The molecule has 0 amide bonds. The van der Waals surface area contributed by atoms with Gasteiger partial charge < -0.3 is 30.8 Å². The summed E-state index contributed by atoms with van der Waals surface area (Å²) in [5.74, 6) is 0.551. The van der Waals surface area contributed by atoms with Crippen molar-refractivity contribution < 1.29 is 39.2 Å². The molecule has 0 saturated heterocycles. The molecule has 0 saturated carbocycles. The first-order valence-electron chi connectivity index (χ1n) is 5.46. The molecule has 0 heterocycles. The van der Waals surface area contributed by atoms with Crippen LogP contribution < -0.4 is 11.5 Å². The van der Waals surface area contributed by atoms with Gasteiger partial charge >= 0.3 is 0 Å². The van der Waals surface area contributed by atoms with Crippen LogP contribution in [0, 0.1) is 0 Å². The van der Waals surface area contributed by atoms with Gasteiger partial charge in [-0.05, 0) is 24.3 Å². The van der Waals surface area contributed by atoms with Gasteiger partial charge in [-0.2, -0.15) is 0 Å². The summed E-state index contributed by atoms with van der Waals surface area (Å²) in [5.41, 5.74) is 8.92. The fraction of sp³-hybridized carbons (Fsp3) is 0. The highest BCUT2D eigenvalue weighted by Gasteiger charge is 1.88. The van der Waals surface area contributed by atoms with E-state index in [2.05, 4.69) is 11.5 Å². The van der Waals surface area contributed by atoms with E-state index in [1.165, 1.54) is 0 Å². The molecule has 0 aromatic heterocycles. The Morgan fingerprint density at radius 3 is 1.24 bits per heavy atom. The Bertz CT molecular complexity index is 574. The SMILES string of the molecule is O=S(=O)([O-])[O-].[NH3+]c1cccc(O)c1.[NH3+]c1cccc(O)c1. The fourth-order valence-corrected chi connectivity index (χ4v) is 1.11. The second kappa shape index (κ2) is 8.89. The quantitative estimate of drug-likeness (QED) is 0.365. The predicted octanol–water partition coefficient (Wildman–Crippen LogP) is -0.807. The number of phenols is 2. The van der Waals surface area contributed by atoms with Crippen LogP contribution in [-0.4, -0.2) is 27.7 Å². The number of rotatable bonds is 0. The van der Waals surface area contributed by atoms with Crippen LogP contribution in [0.4, 0.5) is 11.4 Å². The third kappa shape index (κ3) is 14.1. The van der Waals surface area contributed by atoms with E-state index in [1.54, 1.807) is 36.4 Å². The van der Waals surface area contributed by atoms with E-state index in [4.69, 9.17) is 27.7 Å². The van der Waals surface area contributed by atoms with E-state index >= 15 is 0 Å². The van der Waals surface area contributed by atoms with Crippen molar-refractivity contribution in [3.05, 3.63) is 48.5 Å². The van der Waals surface area contributed by atoms with Crippen LogP contribution in [0.3, 0.4) is 0 Å². The summed E-state index contributed by atoms with van der Waals surface area (Å²) in [7, 11) is -5.17. The average Bonchev–Trinajstić information content (AvgIpc) is 2.26. The summed E-state index contributed by atoms with van der Waals surface area (Å²) in [5, 5.41) is 17.5. The maximum Gasteiger partial charge on any atom is 0.131 e. The van der Waals surface area contributed by atoms with Crippen molar-refractivity contribution in [1.82, 2.24) is 0 Å². The van der Waals surface area contributed by atoms with Crippen molar-refractivity contribution in [2.24, 2.45) is 0 Å². The van der Waals surface area contributed by atoms with Gasteiger partial charge in [0.25, 0.3) is 0 Å². The molecule has 2 rings (SSSR count). The molecule has 0 radical (unpaired) electrons. The lowest BCUT2D eigenvalue weighted by Gasteiger charge is -2.06. The van der Waals surface area contributed by atoms with Crippen molar-refractivity contribution in [1.29, 1.82) is 0 Å². The summed E-state index contributed by atoms with van der Waals surface area (Å²) in [6, 6.07) is 13.7. The summed E-state index contributed by atoms with van der Waals surface area (Å²) < 4.78 is 34.1. The summed E-state index contributed by atoms with van der Waals surface area (Å²) in [6.45, 7) is 0. The minimum Gasteiger partial charge on any atom is -0.759 e. The number of hydrogen-bond acceptors (Lipinski definition) is 6. The second-order valence-electron chi connectivity index (χ2n) is 3.75. The molecule has 9 heteroatoms. The Kier molecular flexibility index (Phi) is 7.97. The Morgan fingerprint density at radius 2 is 1.10 bits per heavy atom. The van der Waals surface area contributed by atoms with Crippen molar-refractivity contribution in [2.75, 3.05) is 0 Å². The van der Waals surface area contributed by atoms with Gasteiger partial charge in [0, 0.05) is 22.5 Å². The maximum atomic E-state index is 8.77. The Labute approximate surface area is 121 Å². The van der Waals surface area contributed by atoms with E-state index in [0.29, 0.717) is 0 Å². The third-order valence-electron chi connectivity index (χ3n) is 1.82. The van der Waals surface area contributed by atoms with Gasteiger partial charge in [0.1, 0.15) is 22.9 Å². The highest BCUT2D eigenvalue weighted by molar-refractivity contribution is 7.79. The largest absolute Gasteiger partial charge is 0.759 e. The van der Waals surface area contributed by atoms with Crippen molar-refractivity contribution in [3.8, 4) is 11.5 Å². The molecular formula is C12H16N2O6S. The van der Waals surface area contributed by atoms with Crippen molar-refractivity contribution in [2.45, 2.75) is 0 Å². The van der Waals surface area contributed by atoms with Gasteiger partial charge in [0.15, 0.2) is 0 Å². The van der Waals surface area contributed by atoms with Gasteiger partial charge in [-0.25, -0.2) is 0 Å². The lowest BCUT2D eigenvalue weighted by molar-refractivity contribution is -0.255. The Hall–Kier alpha value is -2.17. The number of hydrogen-bond donors (Lipinski definition) is 4. The standard InChI is InChI=1S/2C6H7NO.H2O4S/c2*7-5-2-1-3-6(8)4-5;1-5(2,3)4/h2*1-4,8H,7H2;(H2,1,2,3,4). The molecule has 0 fully saturated rings. The normalized spacial score (nSPS) is 9.71. The smallest absolute Gasteiger partial charge is 0.131 e. The van der Waals surface area contributed by atoms with Crippen LogP contribution in [-0.2, 0) is 10.4 Å². The Balaban J connectivity index is 0.000000296. The first-order chi connectivity index (χ1) is 9.58. The van der Waals surface area contributed by atoms with Gasteiger partial charge in [-0.3, -0.25) is 8.42 Å². The minimum atomic E-state index is -5.17. The van der Waals surface area contributed by atoms with Crippen LogP contribution in [0.1, 0.15) is 0 Å². The lowest BCUT2D eigenvalue weighted by Crippen LogP contribution is -2.39. The molecule has 0 aliphatic heterocycles. The van der Waals surface area contributed by atoms with E-state index in [0.717, 1.165) is 11.4 Å². The molecule has 116 valence electrons. The molecule has 21 heavy (non-hydrogen) atoms. The van der Waals surface area contributed by atoms with Crippen LogP contribution in [0.15, 0.2) is 48.5 Å². The minimum absolute atomic E-state index is 0.275. The number of aromatic hydroxyl groups is 2. The van der Waals surface area contributed by atoms with Crippen LogP contribution in [0.2, 0.25) is 0 Å². The van der Waals surface area contributed by atoms with Crippen LogP contribution >= 0.6 is 0 Å². The summed E-state index contributed by atoms with van der Waals surface area (Å²) in [4.78, 5) is 0. The van der Waals surface area contributed by atoms with E-state index < -0.39 is 10.4 Å². The molecule has 0 bridgehead atoms. The number of benzene rings is 2. The first kappa shape index (κ1) is 18.8. The van der Waals surface area contributed by atoms with Crippen molar-refractivity contribution >= 4 is 21.8 Å². The van der Waals surface area contributed by atoms with Gasteiger partial charge in [0.05, 0.1) is 0 Å². The molecule has 2 aromatic rings. The van der Waals surface area contributed by atoms with E-state index in [1.807, 2.05) is 12.1 Å². The number of quaternary nitrogens is 2. The fourth-order valence-electron chi connectivity index (χ4n) is 1.11. The maximum absolute atomic E-state index is 8.77. The number of phenolic OH excluding ortho intramolecular Hbond substituents is 2. The topological polar surface area (TPSA) is 176 Å². The molecule has 8 nitrogen and oxygen atoms in total. The zero-order valence-electron chi connectivity index (χ0n) is 11.0. The predicted molar refractivity (Wildman–Crippen MR) is 71.8 cm³/mol. The van der Waals surface area contributed by atoms with Crippen LogP contribution in [0.5, 0.6) is 11.5 Å². The average molecular weight is 316 g/mol. The lowest BCUT2D eigenvalue weighted by atomic mass is 10.3. The Morgan fingerprint density at radius 1 is 0.810 bits per heavy atom. The highest BCUT2D eigenvalue weighted by Crippen LogP contribution is 2.10. The van der Waals surface area contributed by atoms with E-state index in [9.17, 15) is 0 Å². The highest BCUT2D eigenvalue weighted by atomic mass is 32.3. The van der Waals surface area contributed by atoms with Gasteiger partial charge in [-0.15, -0.1) is 0 Å². The molecular weight excluding hydrogens is 300 g/mol. The van der Waals surface area contributed by atoms with Gasteiger partial charge in [0.2, 0.25) is 0 Å². The molecule has 0 atom stereocenters.